The maximum Gasteiger partial charge on any atom is 0.191 e. The molecule has 2 rings (SSSR count). The molecule has 1 heterocycles. The summed E-state index contributed by atoms with van der Waals surface area (Å²) in [5.41, 5.74) is 2.52. The van der Waals surface area contributed by atoms with Gasteiger partial charge in [-0.2, -0.15) is 0 Å². The lowest BCUT2D eigenvalue weighted by Gasteiger charge is -2.32. The minimum atomic E-state index is 0.489. The molecule has 0 aromatic heterocycles. The quantitative estimate of drug-likeness (QED) is 0.535. The van der Waals surface area contributed by atoms with Gasteiger partial charge >= 0.3 is 0 Å². The van der Waals surface area contributed by atoms with Crippen molar-refractivity contribution in [3.8, 4) is 0 Å². The molecule has 0 saturated carbocycles. The second-order valence-electron chi connectivity index (χ2n) is 6.52. The van der Waals surface area contributed by atoms with E-state index >= 15 is 0 Å². The zero-order chi connectivity index (χ0) is 18.1. The first-order valence-electron chi connectivity index (χ1n) is 9.13. The smallest absolute Gasteiger partial charge is 0.191 e. The summed E-state index contributed by atoms with van der Waals surface area (Å²) in [6.07, 6.45) is 2.29. The van der Waals surface area contributed by atoms with E-state index in [0.717, 1.165) is 56.1 Å². The highest BCUT2D eigenvalue weighted by Gasteiger charge is 2.19. The fourth-order valence-electron chi connectivity index (χ4n) is 3.04. The van der Waals surface area contributed by atoms with Crippen LogP contribution in [0.15, 0.2) is 27.7 Å². The number of nitrogens with zero attached hydrogens (tertiary/aromatic N) is 2. The molecule has 1 aromatic rings. The number of hydrogen-bond acceptors (Lipinski definition) is 3. The van der Waals surface area contributed by atoms with Gasteiger partial charge < -0.3 is 20.3 Å². The molecule has 6 heteroatoms. The standard InChI is InChI=1S/C19H31BrN4O/c1-4-21-19(22-14-16-5-6-17(20)13-15(16)2)23-18-7-9-24(10-8-18)11-12-25-3/h5-6,13,18H,4,7-12,14H2,1-3H3,(H2,21,22,23). The fourth-order valence-corrected chi connectivity index (χ4v) is 3.51. The van der Waals surface area contributed by atoms with E-state index < -0.39 is 0 Å². The highest BCUT2D eigenvalue weighted by atomic mass is 79.9. The van der Waals surface area contributed by atoms with E-state index in [1.807, 2.05) is 0 Å². The fraction of sp³-hybridized carbons (Fsp3) is 0.632. The monoisotopic (exact) mass is 410 g/mol. The Balaban J connectivity index is 1.88. The zero-order valence-corrected chi connectivity index (χ0v) is 17.2. The number of ether oxygens (including phenoxy) is 1. The average Bonchev–Trinajstić information content (AvgIpc) is 2.60. The summed E-state index contributed by atoms with van der Waals surface area (Å²) in [6.45, 7) is 9.88. The predicted octanol–water partition coefficient (Wildman–Crippen LogP) is 2.92. The summed E-state index contributed by atoms with van der Waals surface area (Å²) in [6, 6.07) is 6.85. The Labute approximate surface area is 160 Å². The Bertz CT molecular complexity index is 556. The molecule has 1 saturated heterocycles. The minimum absolute atomic E-state index is 0.489. The third-order valence-electron chi connectivity index (χ3n) is 4.60. The van der Waals surface area contributed by atoms with Gasteiger partial charge in [-0.05, 0) is 49.9 Å². The molecular weight excluding hydrogens is 380 g/mol. The summed E-state index contributed by atoms with van der Waals surface area (Å²) in [7, 11) is 1.76. The number of aliphatic imine (C=N–C) groups is 1. The molecule has 1 aliphatic rings. The predicted molar refractivity (Wildman–Crippen MR) is 108 cm³/mol. The Morgan fingerprint density at radius 2 is 2.12 bits per heavy atom. The highest BCUT2D eigenvalue weighted by Crippen LogP contribution is 2.16. The van der Waals surface area contributed by atoms with Crippen molar-refractivity contribution in [2.24, 2.45) is 4.99 Å². The lowest BCUT2D eigenvalue weighted by Crippen LogP contribution is -2.49. The highest BCUT2D eigenvalue weighted by molar-refractivity contribution is 9.10. The Hall–Kier alpha value is -1.11. The molecule has 0 bridgehead atoms. The van der Waals surface area contributed by atoms with Crippen LogP contribution in [0, 0.1) is 6.92 Å². The van der Waals surface area contributed by atoms with Gasteiger partial charge in [-0.15, -0.1) is 0 Å². The molecule has 0 spiro atoms. The number of nitrogens with one attached hydrogen (secondary N) is 2. The van der Waals surface area contributed by atoms with Crippen LogP contribution < -0.4 is 10.6 Å². The van der Waals surface area contributed by atoms with Gasteiger partial charge in [-0.1, -0.05) is 22.0 Å². The van der Waals surface area contributed by atoms with Crippen LogP contribution in [-0.2, 0) is 11.3 Å². The number of rotatable bonds is 7. The molecule has 2 N–H and O–H groups in total. The summed E-state index contributed by atoms with van der Waals surface area (Å²) >= 11 is 3.52. The van der Waals surface area contributed by atoms with Crippen LogP contribution in [-0.4, -0.2) is 56.8 Å². The molecule has 0 atom stereocenters. The van der Waals surface area contributed by atoms with Crippen molar-refractivity contribution in [3.05, 3.63) is 33.8 Å². The van der Waals surface area contributed by atoms with Crippen molar-refractivity contribution in [1.29, 1.82) is 0 Å². The number of benzene rings is 1. The molecule has 0 amide bonds. The summed E-state index contributed by atoms with van der Waals surface area (Å²) < 4.78 is 6.28. The van der Waals surface area contributed by atoms with E-state index in [1.54, 1.807) is 7.11 Å². The summed E-state index contributed by atoms with van der Waals surface area (Å²) in [5, 5.41) is 6.98. The number of halogens is 1. The molecule has 0 radical (unpaired) electrons. The zero-order valence-electron chi connectivity index (χ0n) is 15.6. The molecule has 1 fully saturated rings. The number of guanidine groups is 1. The molecular formula is C19H31BrN4O. The maximum absolute atomic E-state index is 5.17. The molecule has 5 nitrogen and oxygen atoms in total. The van der Waals surface area contributed by atoms with Crippen LogP contribution in [0.1, 0.15) is 30.9 Å². The molecule has 0 unspecified atom stereocenters. The van der Waals surface area contributed by atoms with Crippen LogP contribution in [0.3, 0.4) is 0 Å². The van der Waals surface area contributed by atoms with Gasteiger partial charge in [0.1, 0.15) is 0 Å². The van der Waals surface area contributed by atoms with Crippen LogP contribution in [0.5, 0.6) is 0 Å². The van der Waals surface area contributed by atoms with E-state index in [9.17, 15) is 0 Å². The number of hydrogen-bond donors (Lipinski definition) is 2. The van der Waals surface area contributed by atoms with Crippen molar-refractivity contribution >= 4 is 21.9 Å². The SMILES string of the molecule is CCNC(=NCc1ccc(Br)cc1C)NC1CCN(CCOC)CC1. The molecule has 0 aliphatic carbocycles. The van der Waals surface area contributed by atoms with Gasteiger partial charge in [0.15, 0.2) is 5.96 Å². The Kier molecular flexibility index (Phi) is 8.72. The van der Waals surface area contributed by atoms with Gasteiger partial charge in [0, 0.05) is 43.8 Å². The van der Waals surface area contributed by atoms with Crippen molar-refractivity contribution in [3.63, 3.8) is 0 Å². The molecule has 1 aliphatic heterocycles. The third-order valence-corrected chi connectivity index (χ3v) is 5.09. The topological polar surface area (TPSA) is 48.9 Å². The van der Waals surface area contributed by atoms with Crippen molar-refractivity contribution < 1.29 is 4.74 Å². The number of piperidine rings is 1. The summed E-state index contributed by atoms with van der Waals surface area (Å²) in [5.74, 6) is 0.917. The lowest BCUT2D eigenvalue weighted by atomic mass is 10.1. The van der Waals surface area contributed by atoms with E-state index in [1.165, 1.54) is 11.1 Å². The largest absolute Gasteiger partial charge is 0.383 e. The van der Waals surface area contributed by atoms with Crippen LogP contribution in [0.25, 0.3) is 0 Å². The summed E-state index contributed by atoms with van der Waals surface area (Å²) in [4.78, 5) is 7.25. The van der Waals surface area contributed by atoms with Crippen LogP contribution in [0.2, 0.25) is 0 Å². The first kappa shape index (κ1) is 20.2. The van der Waals surface area contributed by atoms with Gasteiger partial charge in [0.25, 0.3) is 0 Å². The Morgan fingerprint density at radius 3 is 2.76 bits per heavy atom. The molecule has 140 valence electrons. The van der Waals surface area contributed by atoms with E-state index in [0.29, 0.717) is 12.6 Å². The number of likely N-dealkylation sites (tertiary alicyclic amines) is 1. The first-order chi connectivity index (χ1) is 12.1. The Morgan fingerprint density at radius 1 is 1.36 bits per heavy atom. The van der Waals surface area contributed by atoms with Crippen molar-refractivity contribution in [2.75, 3.05) is 39.9 Å². The second kappa shape index (κ2) is 10.8. The lowest BCUT2D eigenvalue weighted by molar-refractivity contribution is 0.128. The average molecular weight is 411 g/mol. The second-order valence-corrected chi connectivity index (χ2v) is 7.43. The molecule has 1 aromatic carbocycles. The van der Waals surface area contributed by atoms with Crippen molar-refractivity contribution in [2.45, 2.75) is 39.3 Å². The van der Waals surface area contributed by atoms with Crippen LogP contribution in [0.4, 0.5) is 0 Å². The molecule has 25 heavy (non-hydrogen) atoms. The van der Waals surface area contributed by atoms with E-state index in [-0.39, 0.29) is 0 Å². The van der Waals surface area contributed by atoms with Gasteiger partial charge in [-0.3, -0.25) is 0 Å². The first-order valence-corrected chi connectivity index (χ1v) is 9.92. The van der Waals surface area contributed by atoms with E-state index in [2.05, 4.69) is 63.5 Å². The maximum atomic E-state index is 5.17. The van der Waals surface area contributed by atoms with Gasteiger partial charge in [-0.25, -0.2) is 4.99 Å². The third kappa shape index (κ3) is 6.96. The number of methoxy groups -OCH3 is 1. The van der Waals surface area contributed by atoms with Gasteiger partial charge in [0.05, 0.1) is 13.2 Å². The van der Waals surface area contributed by atoms with E-state index in [4.69, 9.17) is 9.73 Å². The van der Waals surface area contributed by atoms with Crippen molar-refractivity contribution in [1.82, 2.24) is 15.5 Å². The van der Waals surface area contributed by atoms with Gasteiger partial charge in [0.2, 0.25) is 0 Å². The minimum Gasteiger partial charge on any atom is -0.383 e. The normalized spacial score (nSPS) is 16.9. The number of aryl methyl sites for hydroxylation is 1. The van der Waals surface area contributed by atoms with Crippen LogP contribution >= 0.6 is 15.9 Å².